The minimum absolute atomic E-state index is 0.0132. The minimum atomic E-state index is -0.311. The lowest BCUT2D eigenvalue weighted by Crippen LogP contribution is -2.37. The molecule has 35 heavy (non-hydrogen) atoms. The highest BCUT2D eigenvalue weighted by Gasteiger charge is 2.30. The number of pyridine rings is 1. The Balaban J connectivity index is 1.63. The first-order valence-electron chi connectivity index (χ1n) is 12.0. The Morgan fingerprint density at radius 3 is 2.54 bits per heavy atom. The molecule has 0 spiro atoms. The van der Waals surface area contributed by atoms with Crippen LogP contribution in [0.25, 0.3) is 11.0 Å². The summed E-state index contributed by atoms with van der Waals surface area (Å²) >= 11 is 0. The van der Waals surface area contributed by atoms with E-state index < -0.39 is 0 Å². The quantitative estimate of drug-likeness (QED) is 0.529. The molecule has 0 atom stereocenters. The van der Waals surface area contributed by atoms with Crippen molar-refractivity contribution < 1.29 is 14.3 Å². The number of ether oxygens (including phenoxy) is 1. The summed E-state index contributed by atoms with van der Waals surface area (Å²) < 4.78 is 7.64. The average Bonchev–Trinajstić information content (AvgIpc) is 3.21. The van der Waals surface area contributed by atoms with E-state index in [2.05, 4.69) is 26.7 Å². The van der Waals surface area contributed by atoms with Crippen LogP contribution in [0.2, 0.25) is 0 Å². The van der Waals surface area contributed by atoms with Gasteiger partial charge in [0.15, 0.2) is 0 Å². The Morgan fingerprint density at radius 1 is 1.20 bits per heavy atom. The standard InChI is InChI=1S/C26H30N6O3/c1-4-35-23-13-22-21(15-28-23)30-26(31-25(34)18-7-5-17(14-27)6-8-18)32(22)20-11-9-19(10-12-20)24(33)29-16(2)3/h5-8,13,15-16,19-20H,4,9-12H2,1-3H3,(H,29,33)(H,30,31,34). The molecule has 9 nitrogen and oxygen atoms in total. The zero-order chi connectivity index (χ0) is 24.9. The Hall–Kier alpha value is -3.93. The molecule has 1 aromatic carbocycles. The highest BCUT2D eigenvalue weighted by molar-refractivity contribution is 6.04. The van der Waals surface area contributed by atoms with Gasteiger partial charge in [-0.1, -0.05) is 0 Å². The van der Waals surface area contributed by atoms with E-state index in [-0.39, 0.29) is 29.8 Å². The largest absolute Gasteiger partial charge is 0.478 e. The van der Waals surface area contributed by atoms with Crippen molar-refractivity contribution in [3.05, 3.63) is 47.7 Å². The lowest BCUT2D eigenvalue weighted by Gasteiger charge is -2.30. The molecule has 0 unspecified atom stereocenters. The first-order valence-corrected chi connectivity index (χ1v) is 12.0. The van der Waals surface area contributed by atoms with E-state index in [1.807, 2.05) is 31.4 Å². The predicted molar refractivity (Wildman–Crippen MR) is 132 cm³/mol. The van der Waals surface area contributed by atoms with Crippen molar-refractivity contribution in [1.29, 1.82) is 5.26 Å². The van der Waals surface area contributed by atoms with Crippen LogP contribution in [0.15, 0.2) is 36.5 Å². The van der Waals surface area contributed by atoms with Gasteiger partial charge in [0.05, 0.1) is 30.0 Å². The molecule has 1 saturated carbocycles. The minimum Gasteiger partial charge on any atom is -0.478 e. The van der Waals surface area contributed by atoms with Crippen molar-refractivity contribution in [3.8, 4) is 11.9 Å². The fourth-order valence-electron chi connectivity index (χ4n) is 4.53. The molecule has 2 aromatic heterocycles. The number of nitrogens with one attached hydrogen (secondary N) is 2. The van der Waals surface area contributed by atoms with Crippen molar-refractivity contribution in [2.75, 3.05) is 11.9 Å². The van der Waals surface area contributed by atoms with Gasteiger partial charge >= 0.3 is 0 Å². The van der Waals surface area contributed by atoms with Crippen LogP contribution in [0.5, 0.6) is 5.88 Å². The summed E-state index contributed by atoms with van der Waals surface area (Å²) in [6.45, 7) is 6.32. The monoisotopic (exact) mass is 474 g/mol. The maximum Gasteiger partial charge on any atom is 0.257 e. The summed E-state index contributed by atoms with van der Waals surface area (Å²) in [5.41, 5.74) is 2.41. The van der Waals surface area contributed by atoms with Gasteiger partial charge in [0.1, 0.15) is 5.52 Å². The average molecular weight is 475 g/mol. The number of nitrogens with zero attached hydrogens (tertiary/aromatic N) is 4. The fourth-order valence-corrected chi connectivity index (χ4v) is 4.53. The molecule has 1 aliphatic carbocycles. The summed E-state index contributed by atoms with van der Waals surface area (Å²) in [5, 5.41) is 15.0. The molecule has 2 N–H and O–H groups in total. The normalized spacial score (nSPS) is 17.7. The number of carbonyl (C=O) groups is 2. The molecule has 0 radical (unpaired) electrons. The number of benzene rings is 1. The molecular weight excluding hydrogens is 444 g/mol. The van der Waals surface area contributed by atoms with Crippen molar-refractivity contribution in [2.45, 2.75) is 58.5 Å². The van der Waals surface area contributed by atoms with Crippen LogP contribution >= 0.6 is 0 Å². The number of rotatable bonds is 7. The van der Waals surface area contributed by atoms with Gasteiger partial charge in [0, 0.05) is 29.6 Å². The Labute approximate surface area is 204 Å². The third kappa shape index (κ3) is 5.43. The van der Waals surface area contributed by atoms with Gasteiger partial charge in [-0.25, -0.2) is 9.97 Å². The molecule has 0 saturated heterocycles. The maximum atomic E-state index is 13.0. The van der Waals surface area contributed by atoms with Crippen molar-refractivity contribution in [2.24, 2.45) is 5.92 Å². The van der Waals surface area contributed by atoms with E-state index in [0.717, 1.165) is 31.2 Å². The van der Waals surface area contributed by atoms with Crippen LogP contribution in [-0.2, 0) is 4.79 Å². The summed E-state index contributed by atoms with van der Waals surface area (Å²) in [6, 6.07) is 10.5. The number of imidazole rings is 1. The lowest BCUT2D eigenvalue weighted by molar-refractivity contribution is -0.126. The zero-order valence-electron chi connectivity index (χ0n) is 20.2. The van der Waals surface area contributed by atoms with E-state index in [1.165, 1.54) is 0 Å². The molecule has 0 bridgehead atoms. The van der Waals surface area contributed by atoms with Gasteiger partial charge in [0.2, 0.25) is 17.7 Å². The highest BCUT2D eigenvalue weighted by Crippen LogP contribution is 2.37. The number of hydrogen-bond acceptors (Lipinski definition) is 6. The van der Waals surface area contributed by atoms with Crippen LogP contribution in [0.3, 0.4) is 0 Å². The van der Waals surface area contributed by atoms with Crippen molar-refractivity contribution in [1.82, 2.24) is 19.9 Å². The van der Waals surface area contributed by atoms with Crippen LogP contribution in [-0.4, -0.2) is 39.0 Å². The van der Waals surface area contributed by atoms with Crippen LogP contribution in [0.1, 0.15) is 68.4 Å². The van der Waals surface area contributed by atoms with Gasteiger partial charge in [-0.2, -0.15) is 5.26 Å². The van der Waals surface area contributed by atoms with Crippen molar-refractivity contribution >= 4 is 28.8 Å². The molecule has 1 aliphatic rings. The van der Waals surface area contributed by atoms with E-state index >= 15 is 0 Å². The molecular formula is C26H30N6O3. The number of aromatic nitrogens is 3. The molecule has 3 aromatic rings. The van der Waals surface area contributed by atoms with Crippen LogP contribution < -0.4 is 15.4 Å². The third-order valence-electron chi connectivity index (χ3n) is 6.21. The number of hydrogen-bond donors (Lipinski definition) is 2. The predicted octanol–water partition coefficient (Wildman–Crippen LogP) is 4.21. The summed E-state index contributed by atoms with van der Waals surface area (Å²) in [5.74, 6) is 0.705. The summed E-state index contributed by atoms with van der Waals surface area (Å²) in [6.07, 6.45) is 4.74. The summed E-state index contributed by atoms with van der Waals surface area (Å²) in [7, 11) is 0. The van der Waals surface area contributed by atoms with Gasteiger partial charge < -0.3 is 14.6 Å². The molecule has 9 heteroatoms. The number of anilines is 1. The van der Waals surface area contributed by atoms with E-state index in [9.17, 15) is 9.59 Å². The maximum absolute atomic E-state index is 13.0. The molecule has 0 aliphatic heterocycles. The van der Waals surface area contributed by atoms with Gasteiger partial charge in [-0.05, 0) is 70.7 Å². The fraction of sp³-hybridized carbons (Fsp3) is 0.423. The number of carbonyl (C=O) groups excluding carboxylic acids is 2. The van der Waals surface area contributed by atoms with Gasteiger partial charge in [-0.3, -0.25) is 14.9 Å². The Bertz CT molecular complexity index is 1250. The van der Waals surface area contributed by atoms with Crippen molar-refractivity contribution in [3.63, 3.8) is 0 Å². The lowest BCUT2D eigenvalue weighted by atomic mass is 9.85. The highest BCUT2D eigenvalue weighted by atomic mass is 16.5. The molecule has 4 rings (SSSR count). The topological polar surface area (TPSA) is 122 Å². The van der Waals surface area contributed by atoms with E-state index in [1.54, 1.807) is 30.5 Å². The second-order valence-corrected chi connectivity index (χ2v) is 9.06. The first-order chi connectivity index (χ1) is 16.9. The zero-order valence-corrected chi connectivity index (χ0v) is 20.2. The first kappa shape index (κ1) is 24.2. The van der Waals surface area contributed by atoms with E-state index in [4.69, 9.17) is 10.00 Å². The Kier molecular flexibility index (Phi) is 7.30. The van der Waals surface area contributed by atoms with Gasteiger partial charge in [-0.15, -0.1) is 0 Å². The SMILES string of the molecule is CCOc1cc2c(cn1)nc(NC(=O)c1ccc(C#N)cc1)n2C1CCC(C(=O)NC(C)C)CC1. The molecule has 182 valence electrons. The second-order valence-electron chi connectivity index (χ2n) is 9.06. The molecule has 2 amide bonds. The van der Waals surface area contributed by atoms with Gasteiger partial charge in [0.25, 0.3) is 5.91 Å². The number of fused-ring (bicyclic) bond motifs is 1. The second kappa shape index (κ2) is 10.6. The smallest absolute Gasteiger partial charge is 0.257 e. The Morgan fingerprint density at radius 2 is 1.91 bits per heavy atom. The van der Waals surface area contributed by atoms with Crippen LogP contribution in [0, 0.1) is 17.2 Å². The number of nitriles is 1. The molecule has 2 heterocycles. The number of amides is 2. The molecule has 1 fully saturated rings. The van der Waals surface area contributed by atoms with E-state index in [0.29, 0.717) is 35.1 Å². The summed E-state index contributed by atoms with van der Waals surface area (Å²) in [4.78, 5) is 34.5. The third-order valence-corrected chi connectivity index (χ3v) is 6.21. The van der Waals surface area contributed by atoms with Crippen LogP contribution in [0.4, 0.5) is 5.95 Å².